The molecule has 0 bridgehead atoms. The maximum atomic E-state index is 5.58. The van der Waals surface area contributed by atoms with Crippen molar-refractivity contribution in [1.82, 2.24) is 15.1 Å². The summed E-state index contributed by atoms with van der Waals surface area (Å²) in [6, 6.07) is 0.169. The van der Waals surface area contributed by atoms with Crippen LogP contribution in [0.1, 0.15) is 52.3 Å². The molecule has 5 heteroatoms. The molecular formula is C15H29N3O2. The predicted octanol–water partition coefficient (Wildman–Crippen LogP) is 2.77. The third kappa shape index (κ3) is 4.21. The standard InChI is InChI=1S/C15H29N3O2/c1-7-9-16-12(10-15(3,4)20-6)14-13(19-5)11-17-18(14)8-2/h11-12,16H,7-10H2,1-6H3. The van der Waals surface area contributed by atoms with E-state index in [4.69, 9.17) is 9.47 Å². The number of hydrogen-bond donors (Lipinski definition) is 1. The Balaban J connectivity index is 3.06. The van der Waals surface area contributed by atoms with E-state index in [1.54, 1.807) is 20.4 Å². The minimum absolute atomic E-state index is 0.169. The predicted molar refractivity (Wildman–Crippen MR) is 81.2 cm³/mol. The fourth-order valence-electron chi connectivity index (χ4n) is 2.30. The molecule has 1 unspecified atom stereocenters. The average Bonchev–Trinajstić information content (AvgIpc) is 2.86. The Morgan fingerprint density at radius 3 is 2.55 bits per heavy atom. The number of aromatic nitrogens is 2. The van der Waals surface area contributed by atoms with E-state index in [-0.39, 0.29) is 11.6 Å². The van der Waals surface area contributed by atoms with Gasteiger partial charge >= 0.3 is 0 Å². The second-order valence-electron chi connectivity index (χ2n) is 5.59. The number of ether oxygens (including phenoxy) is 2. The Bertz CT molecular complexity index is 380. The minimum atomic E-state index is -0.195. The Morgan fingerprint density at radius 2 is 2.05 bits per heavy atom. The van der Waals surface area contributed by atoms with Crippen LogP contribution in [0.25, 0.3) is 0 Å². The van der Waals surface area contributed by atoms with Gasteiger partial charge in [0.15, 0.2) is 5.75 Å². The number of methoxy groups -OCH3 is 2. The summed E-state index contributed by atoms with van der Waals surface area (Å²) in [6.45, 7) is 10.3. The van der Waals surface area contributed by atoms with Gasteiger partial charge in [-0.3, -0.25) is 4.68 Å². The van der Waals surface area contributed by atoms with Crippen LogP contribution in [0.3, 0.4) is 0 Å². The summed E-state index contributed by atoms with van der Waals surface area (Å²) in [6.07, 6.45) is 3.75. The van der Waals surface area contributed by atoms with Crippen molar-refractivity contribution in [2.45, 2.75) is 58.7 Å². The first-order valence-corrected chi connectivity index (χ1v) is 7.37. The molecule has 0 aromatic carbocycles. The summed E-state index contributed by atoms with van der Waals surface area (Å²) in [7, 11) is 3.45. The van der Waals surface area contributed by atoms with Crippen molar-refractivity contribution in [1.29, 1.82) is 0 Å². The van der Waals surface area contributed by atoms with Gasteiger partial charge in [-0.25, -0.2) is 0 Å². The lowest BCUT2D eigenvalue weighted by molar-refractivity contribution is 0.00596. The van der Waals surface area contributed by atoms with Crippen molar-refractivity contribution in [2.75, 3.05) is 20.8 Å². The second-order valence-corrected chi connectivity index (χ2v) is 5.59. The maximum Gasteiger partial charge on any atom is 0.161 e. The molecule has 0 aliphatic heterocycles. The SMILES string of the molecule is CCCNC(CC(C)(C)OC)c1c(OC)cnn1CC. The van der Waals surface area contributed by atoms with Gasteiger partial charge in [0.2, 0.25) is 0 Å². The largest absolute Gasteiger partial charge is 0.493 e. The van der Waals surface area contributed by atoms with E-state index in [0.717, 1.165) is 37.4 Å². The van der Waals surface area contributed by atoms with Gasteiger partial charge in [0, 0.05) is 13.7 Å². The van der Waals surface area contributed by atoms with Crippen molar-refractivity contribution in [3.05, 3.63) is 11.9 Å². The number of hydrogen-bond acceptors (Lipinski definition) is 4. The van der Waals surface area contributed by atoms with Crippen LogP contribution in [-0.4, -0.2) is 36.1 Å². The van der Waals surface area contributed by atoms with E-state index in [1.165, 1.54) is 0 Å². The molecule has 0 saturated carbocycles. The van der Waals surface area contributed by atoms with Gasteiger partial charge in [0.1, 0.15) is 0 Å². The van der Waals surface area contributed by atoms with E-state index in [1.807, 2.05) is 4.68 Å². The van der Waals surface area contributed by atoms with E-state index in [0.29, 0.717) is 0 Å². The van der Waals surface area contributed by atoms with Crippen molar-refractivity contribution < 1.29 is 9.47 Å². The average molecular weight is 283 g/mol. The van der Waals surface area contributed by atoms with E-state index < -0.39 is 0 Å². The second kappa shape index (κ2) is 7.64. The fourth-order valence-corrected chi connectivity index (χ4v) is 2.30. The molecule has 20 heavy (non-hydrogen) atoms. The monoisotopic (exact) mass is 283 g/mol. The highest BCUT2D eigenvalue weighted by Gasteiger charge is 2.28. The summed E-state index contributed by atoms with van der Waals surface area (Å²) in [5, 5.41) is 7.99. The maximum absolute atomic E-state index is 5.58. The van der Waals surface area contributed by atoms with Crippen LogP contribution in [0.4, 0.5) is 0 Å². The lowest BCUT2D eigenvalue weighted by Crippen LogP contribution is -2.34. The van der Waals surface area contributed by atoms with Crippen molar-refractivity contribution in [2.24, 2.45) is 0 Å². The van der Waals surface area contributed by atoms with Crippen molar-refractivity contribution in [3.8, 4) is 5.75 Å². The van der Waals surface area contributed by atoms with Gasteiger partial charge in [-0.2, -0.15) is 5.10 Å². The van der Waals surface area contributed by atoms with Crippen LogP contribution in [0.2, 0.25) is 0 Å². The molecule has 0 amide bonds. The van der Waals surface area contributed by atoms with Gasteiger partial charge in [0.05, 0.1) is 30.6 Å². The summed E-state index contributed by atoms with van der Waals surface area (Å²) in [5.74, 6) is 0.840. The van der Waals surface area contributed by atoms with E-state index in [2.05, 4.69) is 38.1 Å². The highest BCUT2D eigenvalue weighted by Crippen LogP contribution is 2.31. The van der Waals surface area contributed by atoms with Gasteiger partial charge in [-0.1, -0.05) is 6.92 Å². The van der Waals surface area contributed by atoms with E-state index in [9.17, 15) is 0 Å². The quantitative estimate of drug-likeness (QED) is 0.757. The van der Waals surface area contributed by atoms with Gasteiger partial charge in [0.25, 0.3) is 0 Å². The van der Waals surface area contributed by atoms with Crippen molar-refractivity contribution in [3.63, 3.8) is 0 Å². The van der Waals surface area contributed by atoms with Crippen LogP contribution in [-0.2, 0) is 11.3 Å². The zero-order valence-corrected chi connectivity index (χ0v) is 13.7. The van der Waals surface area contributed by atoms with Gasteiger partial charge < -0.3 is 14.8 Å². The zero-order valence-electron chi connectivity index (χ0n) is 13.7. The summed E-state index contributed by atoms with van der Waals surface area (Å²) in [5.41, 5.74) is 0.910. The normalized spacial score (nSPS) is 13.5. The molecule has 1 atom stereocenters. The summed E-state index contributed by atoms with van der Waals surface area (Å²) >= 11 is 0. The van der Waals surface area contributed by atoms with Crippen LogP contribution in [0, 0.1) is 0 Å². The number of aryl methyl sites for hydroxylation is 1. The molecule has 1 rings (SSSR count). The first-order valence-electron chi connectivity index (χ1n) is 7.37. The molecule has 1 N–H and O–H groups in total. The number of rotatable bonds is 9. The molecule has 1 heterocycles. The van der Waals surface area contributed by atoms with Crippen LogP contribution in [0.5, 0.6) is 5.75 Å². The topological polar surface area (TPSA) is 48.3 Å². The Kier molecular flexibility index (Phi) is 6.49. The Morgan fingerprint density at radius 1 is 1.35 bits per heavy atom. The third-order valence-corrected chi connectivity index (χ3v) is 3.58. The molecule has 0 aliphatic carbocycles. The molecule has 0 saturated heterocycles. The van der Waals surface area contributed by atoms with Crippen LogP contribution in [0.15, 0.2) is 6.20 Å². The molecule has 5 nitrogen and oxygen atoms in total. The Hall–Kier alpha value is -1.07. The summed E-state index contributed by atoms with van der Waals surface area (Å²) < 4.78 is 13.1. The zero-order chi connectivity index (χ0) is 15.2. The lowest BCUT2D eigenvalue weighted by Gasteiger charge is -2.30. The van der Waals surface area contributed by atoms with Crippen LogP contribution < -0.4 is 10.1 Å². The molecule has 0 fully saturated rings. The molecule has 0 spiro atoms. The first kappa shape index (κ1) is 17.0. The molecular weight excluding hydrogens is 254 g/mol. The molecule has 1 aromatic heterocycles. The third-order valence-electron chi connectivity index (χ3n) is 3.58. The minimum Gasteiger partial charge on any atom is -0.493 e. The van der Waals surface area contributed by atoms with E-state index >= 15 is 0 Å². The van der Waals surface area contributed by atoms with Gasteiger partial charge in [-0.05, 0) is 40.2 Å². The highest BCUT2D eigenvalue weighted by molar-refractivity contribution is 5.28. The number of nitrogens with zero attached hydrogens (tertiary/aromatic N) is 2. The first-order chi connectivity index (χ1) is 9.49. The number of nitrogens with one attached hydrogen (secondary N) is 1. The molecule has 1 aromatic rings. The van der Waals surface area contributed by atoms with Crippen molar-refractivity contribution >= 4 is 0 Å². The molecule has 0 aliphatic rings. The molecule has 116 valence electrons. The Labute approximate surface area is 122 Å². The van der Waals surface area contributed by atoms with Gasteiger partial charge in [-0.15, -0.1) is 0 Å². The fraction of sp³-hybridized carbons (Fsp3) is 0.800. The smallest absolute Gasteiger partial charge is 0.161 e. The van der Waals surface area contributed by atoms with Crippen LogP contribution >= 0.6 is 0 Å². The molecule has 0 radical (unpaired) electrons. The lowest BCUT2D eigenvalue weighted by atomic mass is 9.96. The summed E-state index contributed by atoms with van der Waals surface area (Å²) in [4.78, 5) is 0. The highest BCUT2D eigenvalue weighted by atomic mass is 16.5.